The quantitative estimate of drug-likeness (QED) is 0.888. The Labute approximate surface area is 125 Å². The molecule has 2 aromatic rings. The van der Waals surface area contributed by atoms with Crippen LogP contribution < -0.4 is 5.32 Å². The number of oxazole rings is 1. The van der Waals surface area contributed by atoms with E-state index in [1.807, 2.05) is 6.92 Å². The molecule has 0 radical (unpaired) electrons. The molecule has 100 valence electrons. The molecule has 1 aromatic heterocycles. The van der Waals surface area contributed by atoms with Gasteiger partial charge in [0.25, 0.3) is 5.22 Å². The van der Waals surface area contributed by atoms with Gasteiger partial charge in [0.05, 0.1) is 5.69 Å². The summed E-state index contributed by atoms with van der Waals surface area (Å²) in [5.74, 6) is 0. The van der Waals surface area contributed by atoms with Crippen molar-refractivity contribution in [1.82, 2.24) is 10.3 Å². The molecule has 0 bridgehead atoms. The molecule has 1 aliphatic rings. The summed E-state index contributed by atoms with van der Waals surface area (Å²) in [6.45, 7) is 2.86. The summed E-state index contributed by atoms with van der Waals surface area (Å²) in [4.78, 5) is 5.42. The van der Waals surface area contributed by atoms with Crippen LogP contribution in [0, 0.1) is 6.92 Å². The summed E-state index contributed by atoms with van der Waals surface area (Å²) in [6.07, 6.45) is 4.31. The van der Waals surface area contributed by atoms with Crippen molar-refractivity contribution < 1.29 is 4.42 Å². The predicted octanol–water partition coefficient (Wildman–Crippen LogP) is 4.15. The summed E-state index contributed by atoms with van der Waals surface area (Å²) >= 11 is 5.15. The van der Waals surface area contributed by atoms with Crippen molar-refractivity contribution >= 4 is 27.7 Å². The molecule has 1 heterocycles. The Bertz CT molecular complexity index is 581. The number of nitrogens with zero attached hydrogens (tertiary/aromatic N) is 1. The zero-order valence-electron chi connectivity index (χ0n) is 10.6. The molecular weight excluding hydrogens is 324 g/mol. The third-order valence-corrected chi connectivity index (χ3v) is 4.82. The van der Waals surface area contributed by atoms with E-state index in [-0.39, 0.29) is 0 Å². The van der Waals surface area contributed by atoms with Gasteiger partial charge in [-0.3, -0.25) is 0 Å². The maximum atomic E-state index is 5.36. The molecule has 0 spiro atoms. The minimum atomic E-state index is 0.682. The minimum Gasteiger partial charge on any atom is -0.439 e. The summed E-state index contributed by atoms with van der Waals surface area (Å²) in [5, 5.41) is 4.20. The fourth-order valence-electron chi connectivity index (χ4n) is 1.76. The molecule has 1 N–H and O–H groups in total. The van der Waals surface area contributed by atoms with E-state index in [0.29, 0.717) is 5.22 Å². The van der Waals surface area contributed by atoms with Gasteiger partial charge in [0.15, 0.2) is 0 Å². The Morgan fingerprint density at radius 1 is 1.47 bits per heavy atom. The molecule has 0 amide bonds. The average Bonchev–Trinajstić information content (AvgIpc) is 3.13. The van der Waals surface area contributed by atoms with Gasteiger partial charge in [-0.05, 0) is 65.2 Å². The van der Waals surface area contributed by atoms with E-state index in [0.717, 1.165) is 27.6 Å². The van der Waals surface area contributed by atoms with Crippen LogP contribution in [-0.2, 0) is 6.54 Å². The number of hydrogen-bond donors (Lipinski definition) is 1. The van der Waals surface area contributed by atoms with E-state index in [4.69, 9.17) is 4.42 Å². The van der Waals surface area contributed by atoms with Crippen LogP contribution in [-0.4, -0.2) is 11.0 Å². The van der Waals surface area contributed by atoms with Gasteiger partial charge in [-0.25, -0.2) is 4.98 Å². The van der Waals surface area contributed by atoms with E-state index in [9.17, 15) is 0 Å². The van der Waals surface area contributed by atoms with Gasteiger partial charge in [0.2, 0.25) is 0 Å². The standard InChI is InChI=1S/C14H15BrN2OS/c1-9-8-18-14(17-9)19-13-5-2-10(6-12(13)15)7-16-11-3-4-11/h2,5-6,8,11,16H,3-4,7H2,1H3. The molecule has 0 atom stereocenters. The van der Waals surface area contributed by atoms with E-state index in [2.05, 4.69) is 44.4 Å². The van der Waals surface area contributed by atoms with Crippen LogP contribution in [0.3, 0.4) is 0 Å². The summed E-state index contributed by atoms with van der Waals surface area (Å²) in [7, 11) is 0. The summed E-state index contributed by atoms with van der Waals surface area (Å²) in [5.41, 5.74) is 2.20. The van der Waals surface area contributed by atoms with Crippen LogP contribution in [0.25, 0.3) is 0 Å². The monoisotopic (exact) mass is 338 g/mol. The van der Waals surface area contributed by atoms with Gasteiger partial charge < -0.3 is 9.73 Å². The molecule has 19 heavy (non-hydrogen) atoms. The van der Waals surface area contributed by atoms with Crippen LogP contribution in [0.15, 0.2) is 43.5 Å². The topological polar surface area (TPSA) is 38.1 Å². The third-order valence-electron chi connectivity index (χ3n) is 2.96. The molecule has 5 heteroatoms. The number of rotatable bonds is 5. The number of hydrogen-bond acceptors (Lipinski definition) is 4. The first-order valence-corrected chi connectivity index (χ1v) is 7.93. The Balaban J connectivity index is 1.67. The molecule has 0 saturated heterocycles. The molecule has 3 nitrogen and oxygen atoms in total. The van der Waals surface area contributed by atoms with Gasteiger partial charge in [-0.2, -0.15) is 0 Å². The maximum Gasteiger partial charge on any atom is 0.260 e. The highest BCUT2D eigenvalue weighted by Gasteiger charge is 2.20. The van der Waals surface area contributed by atoms with Crippen LogP contribution in [0.2, 0.25) is 0 Å². The van der Waals surface area contributed by atoms with Crippen LogP contribution in [0.4, 0.5) is 0 Å². The molecule has 0 unspecified atom stereocenters. The van der Waals surface area contributed by atoms with Crippen molar-refractivity contribution in [3.8, 4) is 0 Å². The molecular formula is C14H15BrN2OS. The predicted molar refractivity (Wildman–Crippen MR) is 79.4 cm³/mol. The first kappa shape index (κ1) is 13.2. The van der Waals surface area contributed by atoms with Gasteiger partial charge in [-0.15, -0.1) is 0 Å². The lowest BCUT2D eigenvalue weighted by molar-refractivity contribution is 0.454. The van der Waals surface area contributed by atoms with Crippen molar-refractivity contribution in [1.29, 1.82) is 0 Å². The molecule has 1 saturated carbocycles. The number of aromatic nitrogens is 1. The maximum absolute atomic E-state index is 5.36. The smallest absolute Gasteiger partial charge is 0.260 e. The highest BCUT2D eigenvalue weighted by atomic mass is 79.9. The van der Waals surface area contributed by atoms with Crippen molar-refractivity contribution in [2.45, 2.75) is 42.5 Å². The normalized spacial score (nSPS) is 14.8. The Kier molecular flexibility index (Phi) is 3.96. The van der Waals surface area contributed by atoms with Gasteiger partial charge in [0, 0.05) is 22.0 Å². The van der Waals surface area contributed by atoms with E-state index in [1.165, 1.54) is 30.2 Å². The second-order valence-corrected chi connectivity index (χ2v) is 6.62. The number of halogens is 1. The number of benzene rings is 1. The first-order chi connectivity index (χ1) is 9.20. The van der Waals surface area contributed by atoms with Gasteiger partial charge in [-0.1, -0.05) is 6.07 Å². The first-order valence-electron chi connectivity index (χ1n) is 6.32. The molecule has 1 aromatic carbocycles. The minimum absolute atomic E-state index is 0.682. The fourth-order valence-corrected chi connectivity index (χ4v) is 3.20. The summed E-state index contributed by atoms with van der Waals surface area (Å²) in [6, 6.07) is 7.16. The second-order valence-electron chi connectivity index (χ2n) is 4.78. The van der Waals surface area contributed by atoms with E-state index < -0.39 is 0 Å². The Morgan fingerprint density at radius 3 is 2.95 bits per heavy atom. The molecule has 1 fully saturated rings. The van der Waals surface area contributed by atoms with Crippen molar-refractivity contribution in [3.05, 3.63) is 40.2 Å². The van der Waals surface area contributed by atoms with Crippen LogP contribution in [0.5, 0.6) is 0 Å². The van der Waals surface area contributed by atoms with Crippen LogP contribution >= 0.6 is 27.7 Å². The highest BCUT2D eigenvalue weighted by Crippen LogP contribution is 2.33. The lowest BCUT2D eigenvalue weighted by Gasteiger charge is -2.06. The zero-order valence-corrected chi connectivity index (χ0v) is 13.1. The Morgan fingerprint density at radius 2 is 2.32 bits per heavy atom. The van der Waals surface area contributed by atoms with Crippen LogP contribution in [0.1, 0.15) is 24.1 Å². The second kappa shape index (κ2) is 5.69. The van der Waals surface area contributed by atoms with Gasteiger partial charge >= 0.3 is 0 Å². The fraction of sp³-hybridized carbons (Fsp3) is 0.357. The largest absolute Gasteiger partial charge is 0.439 e. The Hall–Kier alpha value is -0.780. The third kappa shape index (κ3) is 3.61. The molecule has 0 aliphatic heterocycles. The zero-order chi connectivity index (χ0) is 13.2. The lowest BCUT2D eigenvalue weighted by atomic mass is 10.2. The van der Waals surface area contributed by atoms with Crippen molar-refractivity contribution in [2.75, 3.05) is 0 Å². The van der Waals surface area contributed by atoms with Gasteiger partial charge in [0.1, 0.15) is 6.26 Å². The highest BCUT2D eigenvalue weighted by molar-refractivity contribution is 9.10. The SMILES string of the molecule is Cc1coc(Sc2ccc(CNC3CC3)cc2Br)n1. The van der Waals surface area contributed by atoms with Crippen molar-refractivity contribution in [2.24, 2.45) is 0 Å². The number of aryl methyl sites for hydroxylation is 1. The molecule has 3 rings (SSSR count). The average molecular weight is 339 g/mol. The lowest BCUT2D eigenvalue weighted by Crippen LogP contribution is -2.15. The number of nitrogens with one attached hydrogen (secondary N) is 1. The van der Waals surface area contributed by atoms with E-state index in [1.54, 1.807) is 6.26 Å². The summed E-state index contributed by atoms with van der Waals surface area (Å²) < 4.78 is 6.45. The van der Waals surface area contributed by atoms with E-state index >= 15 is 0 Å². The molecule has 1 aliphatic carbocycles. The van der Waals surface area contributed by atoms with Crippen molar-refractivity contribution in [3.63, 3.8) is 0 Å².